The van der Waals surface area contributed by atoms with E-state index in [1.54, 1.807) is 23.2 Å². The van der Waals surface area contributed by atoms with Gasteiger partial charge in [-0.1, -0.05) is 0 Å². The van der Waals surface area contributed by atoms with E-state index in [9.17, 15) is 4.79 Å². The number of anilines is 1. The van der Waals surface area contributed by atoms with Crippen molar-refractivity contribution in [3.63, 3.8) is 0 Å². The van der Waals surface area contributed by atoms with Crippen molar-refractivity contribution in [2.75, 3.05) is 12.3 Å². The van der Waals surface area contributed by atoms with Crippen LogP contribution in [0.5, 0.6) is 0 Å². The van der Waals surface area contributed by atoms with E-state index >= 15 is 0 Å². The number of aromatic amines is 1. The summed E-state index contributed by atoms with van der Waals surface area (Å²) >= 11 is 0. The summed E-state index contributed by atoms with van der Waals surface area (Å²) in [5, 5.41) is 0. The third kappa shape index (κ3) is 1.67. The summed E-state index contributed by atoms with van der Waals surface area (Å²) in [7, 11) is 0. The van der Waals surface area contributed by atoms with E-state index in [0.717, 1.165) is 11.5 Å². The van der Waals surface area contributed by atoms with Gasteiger partial charge in [0.25, 0.3) is 11.9 Å². The zero-order valence-corrected chi connectivity index (χ0v) is 9.14. The Kier molecular flexibility index (Phi) is 2.14. The summed E-state index contributed by atoms with van der Waals surface area (Å²) in [6.07, 6.45) is 2.39. The molecule has 88 valence electrons. The number of hydrogen-bond acceptors (Lipinski definition) is 4. The molecule has 0 aliphatic carbocycles. The molecular weight excluding hydrogens is 220 g/mol. The van der Waals surface area contributed by atoms with Crippen molar-refractivity contribution in [1.29, 1.82) is 0 Å². The molecule has 0 fully saturated rings. The summed E-state index contributed by atoms with van der Waals surface area (Å²) in [6, 6.07) is 3.73. The van der Waals surface area contributed by atoms with Crippen LogP contribution in [-0.4, -0.2) is 27.3 Å². The predicted octanol–water partition coefficient (Wildman–Crippen LogP) is 0.783. The molecule has 3 heterocycles. The van der Waals surface area contributed by atoms with Crippen LogP contribution in [0.2, 0.25) is 0 Å². The Morgan fingerprint density at radius 1 is 1.59 bits per heavy atom. The van der Waals surface area contributed by atoms with Crippen molar-refractivity contribution in [2.24, 2.45) is 0 Å². The lowest BCUT2D eigenvalue weighted by Gasteiger charge is -2.24. The van der Waals surface area contributed by atoms with Crippen LogP contribution in [0.15, 0.2) is 22.7 Å². The van der Waals surface area contributed by atoms with Crippen LogP contribution >= 0.6 is 0 Å². The monoisotopic (exact) mass is 232 g/mol. The molecule has 1 aliphatic heterocycles. The molecule has 6 heteroatoms. The average Bonchev–Trinajstić information content (AvgIpc) is 2.94. The SMILES string of the molecule is Nc1nc2c(o1)CCN(C(=O)c1ccc[nH]1)C2. The van der Waals surface area contributed by atoms with E-state index in [-0.39, 0.29) is 11.9 Å². The van der Waals surface area contributed by atoms with E-state index in [4.69, 9.17) is 10.2 Å². The van der Waals surface area contributed by atoms with Crippen LogP contribution in [0.4, 0.5) is 6.01 Å². The van der Waals surface area contributed by atoms with E-state index in [0.29, 0.717) is 25.2 Å². The number of nitrogens with two attached hydrogens (primary N) is 1. The largest absolute Gasteiger partial charge is 0.428 e. The number of aromatic nitrogens is 2. The standard InChI is InChI=1S/C11H12N4O2/c12-11-14-8-6-15(5-3-9(8)17-11)10(16)7-2-1-4-13-7/h1-2,4,13H,3,5-6H2,(H2,12,14). The van der Waals surface area contributed by atoms with Gasteiger partial charge in [-0.05, 0) is 12.1 Å². The molecule has 2 aromatic rings. The first-order valence-corrected chi connectivity index (χ1v) is 5.41. The van der Waals surface area contributed by atoms with Crippen molar-refractivity contribution >= 4 is 11.9 Å². The lowest BCUT2D eigenvalue weighted by molar-refractivity contribution is 0.0723. The molecule has 0 aromatic carbocycles. The van der Waals surface area contributed by atoms with E-state index < -0.39 is 0 Å². The topological polar surface area (TPSA) is 88.2 Å². The summed E-state index contributed by atoms with van der Waals surface area (Å²) in [4.78, 5) is 20.8. The number of carbonyl (C=O) groups excluding carboxylic acids is 1. The molecule has 3 N–H and O–H groups in total. The number of rotatable bonds is 1. The maximum atomic E-state index is 12.1. The molecular formula is C11H12N4O2. The van der Waals surface area contributed by atoms with Gasteiger partial charge in [-0.2, -0.15) is 4.98 Å². The molecule has 2 aromatic heterocycles. The lowest BCUT2D eigenvalue weighted by atomic mass is 10.1. The normalized spacial score (nSPS) is 14.7. The summed E-state index contributed by atoms with van der Waals surface area (Å²) in [6.45, 7) is 1.08. The third-order valence-electron chi connectivity index (χ3n) is 2.86. The van der Waals surface area contributed by atoms with Gasteiger partial charge in [0.2, 0.25) is 0 Å². The minimum absolute atomic E-state index is 0.0257. The maximum Gasteiger partial charge on any atom is 0.292 e. The van der Waals surface area contributed by atoms with E-state index in [1.807, 2.05) is 0 Å². The first kappa shape index (κ1) is 9.95. The van der Waals surface area contributed by atoms with Gasteiger partial charge in [0, 0.05) is 19.2 Å². The van der Waals surface area contributed by atoms with Gasteiger partial charge in [-0.3, -0.25) is 4.79 Å². The van der Waals surface area contributed by atoms with Gasteiger partial charge in [0.15, 0.2) is 0 Å². The Morgan fingerprint density at radius 2 is 2.47 bits per heavy atom. The molecule has 0 saturated carbocycles. The van der Waals surface area contributed by atoms with Crippen LogP contribution in [-0.2, 0) is 13.0 Å². The number of oxazole rings is 1. The summed E-state index contributed by atoms with van der Waals surface area (Å²) in [5.41, 5.74) is 6.83. The zero-order valence-electron chi connectivity index (χ0n) is 9.14. The molecule has 0 atom stereocenters. The highest BCUT2D eigenvalue weighted by atomic mass is 16.4. The van der Waals surface area contributed by atoms with Crippen LogP contribution in [0.3, 0.4) is 0 Å². The highest BCUT2D eigenvalue weighted by molar-refractivity contribution is 5.92. The van der Waals surface area contributed by atoms with Gasteiger partial charge in [0.1, 0.15) is 17.1 Å². The number of nitrogen functional groups attached to an aromatic ring is 1. The number of carbonyl (C=O) groups is 1. The molecule has 0 unspecified atom stereocenters. The van der Waals surface area contributed by atoms with Crippen molar-refractivity contribution in [3.05, 3.63) is 35.5 Å². The molecule has 17 heavy (non-hydrogen) atoms. The van der Waals surface area contributed by atoms with Crippen LogP contribution in [0.25, 0.3) is 0 Å². The molecule has 0 spiro atoms. The fourth-order valence-corrected chi connectivity index (χ4v) is 2.03. The first-order valence-electron chi connectivity index (χ1n) is 5.41. The van der Waals surface area contributed by atoms with Gasteiger partial charge in [-0.15, -0.1) is 0 Å². The van der Waals surface area contributed by atoms with Crippen LogP contribution in [0, 0.1) is 0 Å². The maximum absolute atomic E-state index is 12.1. The Balaban J connectivity index is 1.82. The van der Waals surface area contributed by atoms with Crippen molar-refractivity contribution < 1.29 is 9.21 Å². The average molecular weight is 232 g/mol. The quantitative estimate of drug-likeness (QED) is 0.760. The first-order chi connectivity index (χ1) is 8.24. The number of nitrogens with zero attached hydrogens (tertiary/aromatic N) is 2. The van der Waals surface area contributed by atoms with Crippen molar-refractivity contribution in [3.8, 4) is 0 Å². The zero-order chi connectivity index (χ0) is 11.8. The molecule has 6 nitrogen and oxygen atoms in total. The van der Waals surface area contributed by atoms with E-state index in [1.165, 1.54) is 0 Å². The minimum Gasteiger partial charge on any atom is -0.428 e. The predicted molar refractivity (Wildman–Crippen MR) is 60.2 cm³/mol. The van der Waals surface area contributed by atoms with Gasteiger partial charge < -0.3 is 20.0 Å². The molecule has 0 radical (unpaired) electrons. The number of hydrogen-bond donors (Lipinski definition) is 2. The third-order valence-corrected chi connectivity index (χ3v) is 2.86. The Labute approximate surface area is 97.4 Å². The smallest absolute Gasteiger partial charge is 0.292 e. The molecule has 1 aliphatic rings. The van der Waals surface area contributed by atoms with Gasteiger partial charge in [0.05, 0.1) is 6.54 Å². The number of nitrogens with one attached hydrogen (secondary N) is 1. The fraction of sp³-hybridized carbons (Fsp3) is 0.273. The molecule has 3 rings (SSSR count). The fourth-order valence-electron chi connectivity index (χ4n) is 2.03. The Bertz CT molecular complexity index is 544. The Morgan fingerprint density at radius 3 is 3.24 bits per heavy atom. The minimum atomic E-state index is -0.0257. The van der Waals surface area contributed by atoms with Crippen molar-refractivity contribution in [1.82, 2.24) is 14.9 Å². The molecule has 0 bridgehead atoms. The summed E-state index contributed by atoms with van der Waals surface area (Å²) < 4.78 is 5.25. The van der Waals surface area contributed by atoms with Crippen LogP contribution in [0.1, 0.15) is 21.9 Å². The second kappa shape index (κ2) is 3.65. The second-order valence-corrected chi connectivity index (χ2v) is 3.98. The van der Waals surface area contributed by atoms with Gasteiger partial charge >= 0.3 is 0 Å². The van der Waals surface area contributed by atoms with Crippen molar-refractivity contribution in [2.45, 2.75) is 13.0 Å². The summed E-state index contributed by atoms with van der Waals surface area (Å²) in [5.74, 6) is 0.764. The molecule has 0 saturated heterocycles. The Hall–Kier alpha value is -2.24. The van der Waals surface area contributed by atoms with E-state index in [2.05, 4.69) is 9.97 Å². The number of H-pyrrole nitrogens is 1. The van der Waals surface area contributed by atoms with Gasteiger partial charge in [-0.25, -0.2) is 0 Å². The van der Waals surface area contributed by atoms with Crippen LogP contribution < -0.4 is 5.73 Å². The number of fused-ring (bicyclic) bond motifs is 1. The molecule has 1 amide bonds. The lowest BCUT2D eigenvalue weighted by Crippen LogP contribution is -2.36. The highest BCUT2D eigenvalue weighted by Gasteiger charge is 2.25. The second-order valence-electron chi connectivity index (χ2n) is 3.98. The highest BCUT2D eigenvalue weighted by Crippen LogP contribution is 2.21. The number of amides is 1.